The van der Waals surface area contributed by atoms with Gasteiger partial charge in [-0.25, -0.2) is 0 Å². The van der Waals surface area contributed by atoms with Crippen LogP contribution in [0.25, 0.3) is 6.08 Å². The van der Waals surface area contributed by atoms with E-state index in [1.807, 2.05) is 54.6 Å². The monoisotopic (exact) mass is 505 g/mol. The summed E-state index contributed by atoms with van der Waals surface area (Å²) in [7, 11) is 1.56. The second-order valence-electron chi connectivity index (χ2n) is 7.88. The van der Waals surface area contributed by atoms with Crippen LogP contribution < -0.4 is 23.7 Å². The van der Waals surface area contributed by atoms with Crippen LogP contribution in [0, 0.1) is 0 Å². The van der Waals surface area contributed by atoms with Crippen molar-refractivity contribution in [2.45, 2.75) is 6.61 Å². The van der Waals surface area contributed by atoms with E-state index in [1.54, 1.807) is 25.3 Å². The van der Waals surface area contributed by atoms with E-state index in [2.05, 4.69) is 0 Å². The Bertz CT molecular complexity index is 1310. The van der Waals surface area contributed by atoms with Gasteiger partial charge in [0.05, 0.1) is 18.6 Å². The van der Waals surface area contributed by atoms with Crippen molar-refractivity contribution in [3.05, 3.63) is 82.8 Å². The molecular formula is C27H23NO7S. The summed E-state index contributed by atoms with van der Waals surface area (Å²) in [6.45, 7) is 0.928. The van der Waals surface area contributed by atoms with Crippen molar-refractivity contribution in [3.8, 4) is 28.7 Å². The number of methoxy groups -OCH3 is 1. The van der Waals surface area contributed by atoms with Gasteiger partial charge >= 0.3 is 0 Å². The van der Waals surface area contributed by atoms with E-state index < -0.39 is 0 Å². The smallest absolute Gasteiger partial charge is 0.293 e. The van der Waals surface area contributed by atoms with Crippen LogP contribution in [-0.2, 0) is 11.4 Å². The Balaban J connectivity index is 1.15. The zero-order valence-corrected chi connectivity index (χ0v) is 20.3. The highest BCUT2D eigenvalue weighted by molar-refractivity contribution is 8.18. The third-order valence-electron chi connectivity index (χ3n) is 5.54. The van der Waals surface area contributed by atoms with Crippen LogP contribution in [0.3, 0.4) is 0 Å². The van der Waals surface area contributed by atoms with Crippen molar-refractivity contribution in [1.29, 1.82) is 0 Å². The minimum absolute atomic E-state index is 0.146. The molecular weight excluding hydrogens is 482 g/mol. The highest BCUT2D eigenvalue weighted by Crippen LogP contribution is 2.34. The number of hydrogen-bond acceptors (Lipinski definition) is 8. The van der Waals surface area contributed by atoms with Crippen LogP contribution in [-0.4, -0.2) is 43.1 Å². The molecule has 0 spiro atoms. The first kappa shape index (κ1) is 23.6. The Kier molecular flexibility index (Phi) is 6.99. The molecule has 9 heteroatoms. The summed E-state index contributed by atoms with van der Waals surface area (Å²) >= 11 is 0.917. The summed E-state index contributed by atoms with van der Waals surface area (Å²) in [4.78, 5) is 26.7. The van der Waals surface area contributed by atoms with Gasteiger partial charge in [0.15, 0.2) is 23.0 Å². The number of thioether (sulfide) groups is 1. The van der Waals surface area contributed by atoms with Crippen LogP contribution >= 0.6 is 11.8 Å². The quantitative estimate of drug-likeness (QED) is 0.371. The number of benzene rings is 3. The number of ether oxygens (including phenoxy) is 5. The Morgan fingerprint density at radius 2 is 1.72 bits per heavy atom. The summed E-state index contributed by atoms with van der Waals surface area (Å²) < 4.78 is 27.5. The van der Waals surface area contributed by atoms with Gasteiger partial charge in [-0.2, -0.15) is 0 Å². The fourth-order valence-corrected chi connectivity index (χ4v) is 4.55. The maximum Gasteiger partial charge on any atom is 0.293 e. The lowest BCUT2D eigenvalue weighted by molar-refractivity contribution is -0.123. The average Bonchev–Trinajstić information content (AvgIpc) is 3.48. The first-order valence-corrected chi connectivity index (χ1v) is 12.0. The van der Waals surface area contributed by atoms with E-state index in [0.717, 1.165) is 28.6 Å². The SMILES string of the molecule is COc1ccccc1OCCN1C(=O)S/C(=C\c2ccc(OCc3ccc4c(c3)OCO4)cc2)C1=O. The Morgan fingerprint density at radius 1 is 0.944 bits per heavy atom. The number of nitrogens with zero attached hydrogens (tertiary/aromatic N) is 1. The van der Waals surface area contributed by atoms with Gasteiger partial charge in [-0.05, 0) is 65.4 Å². The molecule has 0 radical (unpaired) electrons. The van der Waals surface area contributed by atoms with Crippen molar-refractivity contribution >= 4 is 29.0 Å². The van der Waals surface area contributed by atoms with Gasteiger partial charge in [0.1, 0.15) is 19.0 Å². The summed E-state index contributed by atoms with van der Waals surface area (Å²) in [5, 5.41) is -0.321. The van der Waals surface area contributed by atoms with Gasteiger partial charge in [-0.1, -0.05) is 30.3 Å². The molecule has 0 aromatic heterocycles. The second kappa shape index (κ2) is 10.7. The molecule has 0 bridgehead atoms. The average molecular weight is 506 g/mol. The molecule has 5 rings (SSSR count). The van der Waals surface area contributed by atoms with Gasteiger partial charge in [0, 0.05) is 0 Å². The summed E-state index contributed by atoms with van der Waals surface area (Å²) in [5.74, 6) is 2.95. The van der Waals surface area contributed by atoms with Crippen LogP contribution in [0.2, 0.25) is 0 Å². The summed E-state index contributed by atoms with van der Waals surface area (Å²) in [5.41, 5.74) is 1.76. The van der Waals surface area contributed by atoms with E-state index in [4.69, 9.17) is 23.7 Å². The third-order valence-corrected chi connectivity index (χ3v) is 6.44. The number of imide groups is 1. The number of rotatable bonds is 9. The maximum absolute atomic E-state index is 12.8. The van der Waals surface area contributed by atoms with Gasteiger partial charge in [-0.15, -0.1) is 0 Å². The van der Waals surface area contributed by atoms with E-state index in [-0.39, 0.29) is 31.1 Å². The van der Waals surface area contributed by atoms with Gasteiger partial charge < -0.3 is 23.7 Å². The summed E-state index contributed by atoms with van der Waals surface area (Å²) in [6, 6.07) is 20.2. The molecule has 8 nitrogen and oxygen atoms in total. The predicted molar refractivity (Wildman–Crippen MR) is 135 cm³/mol. The molecule has 0 unspecified atom stereocenters. The molecule has 3 aromatic rings. The predicted octanol–water partition coefficient (Wildman–Crippen LogP) is 5.12. The molecule has 0 aliphatic carbocycles. The number of amides is 2. The Hall–Kier alpha value is -4.11. The molecule has 2 amide bonds. The topological polar surface area (TPSA) is 83.5 Å². The van der Waals surface area contributed by atoms with Crippen molar-refractivity contribution in [2.24, 2.45) is 0 Å². The maximum atomic E-state index is 12.8. The first-order chi connectivity index (χ1) is 17.6. The number of hydrogen-bond donors (Lipinski definition) is 0. The Labute approximate surface area is 212 Å². The molecule has 3 aromatic carbocycles. The highest BCUT2D eigenvalue weighted by atomic mass is 32.2. The highest BCUT2D eigenvalue weighted by Gasteiger charge is 2.34. The Morgan fingerprint density at radius 3 is 2.53 bits per heavy atom. The fraction of sp³-hybridized carbons (Fsp3) is 0.185. The molecule has 184 valence electrons. The van der Waals surface area contributed by atoms with E-state index in [0.29, 0.717) is 34.5 Å². The first-order valence-electron chi connectivity index (χ1n) is 11.2. The lowest BCUT2D eigenvalue weighted by Crippen LogP contribution is -2.32. The molecule has 36 heavy (non-hydrogen) atoms. The molecule has 1 saturated heterocycles. The second-order valence-corrected chi connectivity index (χ2v) is 8.87. The van der Waals surface area contributed by atoms with Gasteiger partial charge in [0.2, 0.25) is 6.79 Å². The molecule has 2 aliphatic heterocycles. The molecule has 2 aliphatic rings. The van der Waals surface area contributed by atoms with E-state index in [1.165, 1.54) is 4.90 Å². The van der Waals surface area contributed by atoms with E-state index >= 15 is 0 Å². The standard InChI is InChI=1S/C27H23NO7S/c1-31-21-4-2-3-5-22(21)32-13-12-28-26(29)25(36-27(28)30)15-18-6-9-20(10-7-18)33-16-19-8-11-23-24(14-19)35-17-34-23/h2-11,14-15H,12-13,16-17H2,1H3/b25-15-. The zero-order chi connectivity index (χ0) is 24.9. The van der Waals surface area contributed by atoms with Crippen LogP contribution in [0.15, 0.2) is 71.6 Å². The number of carbonyl (C=O) groups is 2. The largest absolute Gasteiger partial charge is 0.493 e. The number of carbonyl (C=O) groups excluding carboxylic acids is 2. The number of para-hydroxylation sites is 2. The van der Waals surface area contributed by atoms with Crippen LogP contribution in [0.5, 0.6) is 28.7 Å². The molecule has 2 heterocycles. The molecule has 0 N–H and O–H groups in total. The fourth-order valence-electron chi connectivity index (χ4n) is 3.69. The van der Waals surface area contributed by atoms with Crippen molar-refractivity contribution in [1.82, 2.24) is 4.90 Å². The minimum atomic E-state index is -0.336. The molecule has 0 atom stereocenters. The molecule has 0 saturated carbocycles. The van der Waals surface area contributed by atoms with Crippen molar-refractivity contribution in [2.75, 3.05) is 27.1 Å². The van der Waals surface area contributed by atoms with Crippen molar-refractivity contribution in [3.63, 3.8) is 0 Å². The third kappa shape index (κ3) is 5.26. The molecule has 1 fully saturated rings. The lowest BCUT2D eigenvalue weighted by Gasteiger charge is -2.14. The van der Waals surface area contributed by atoms with E-state index in [9.17, 15) is 9.59 Å². The van der Waals surface area contributed by atoms with Crippen LogP contribution in [0.1, 0.15) is 11.1 Å². The van der Waals surface area contributed by atoms with Gasteiger partial charge in [-0.3, -0.25) is 14.5 Å². The van der Waals surface area contributed by atoms with Crippen molar-refractivity contribution < 1.29 is 33.3 Å². The van der Waals surface area contributed by atoms with Crippen LogP contribution in [0.4, 0.5) is 4.79 Å². The normalized spacial score (nSPS) is 15.5. The number of fused-ring (bicyclic) bond motifs is 1. The lowest BCUT2D eigenvalue weighted by atomic mass is 10.2. The minimum Gasteiger partial charge on any atom is -0.493 e. The zero-order valence-electron chi connectivity index (χ0n) is 19.5. The summed E-state index contributed by atoms with van der Waals surface area (Å²) in [6.07, 6.45) is 1.70. The van der Waals surface area contributed by atoms with Gasteiger partial charge in [0.25, 0.3) is 11.1 Å².